The second kappa shape index (κ2) is 13.2. The lowest BCUT2D eigenvalue weighted by molar-refractivity contribution is -0.301. The number of unbranched alkanes of at least 4 members (excludes halogenated alkanes) is 3. The zero-order valence-electron chi connectivity index (χ0n) is 16.7. The molecule has 6 atom stereocenters. The van der Waals surface area contributed by atoms with Gasteiger partial charge < -0.3 is 35.2 Å². The molecule has 1 aliphatic rings. The van der Waals surface area contributed by atoms with E-state index in [9.17, 15) is 24.9 Å². The van der Waals surface area contributed by atoms with Gasteiger partial charge in [-0.3, -0.25) is 9.59 Å². The summed E-state index contributed by atoms with van der Waals surface area (Å²) >= 11 is 0. The van der Waals surface area contributed by atoms with Crippen LogP contribution in [0.15, 0.2) is 0 Å². The van der Waals surface area contributed by atoms with Crippen molar-refractivity contribution >= 4 is 11.7 Å². The minimum atomic E-state index is -1.47. The van der Waals surface area contributed by atoms with Gasteiger partial charge in [0.1, 0.15) is 24.4 Å². The van der Waals surface area contributed by atoms with Crippen LogP contribution in [0.5, 0.6) is 0 Å². The number of hydrogen-bond donors (Lipinski definition) is 5. The molecule has 0 spiro atoms. The average Bonchev–Trinajstić information content (AvgIpc) is 2.66. The molecule has 0 aromatic heterocycles. The Morgan fingerprint density at radius 2 is 1.79 bits per heavy atom. The number of nitrogens with one attached hydrogen (secondary N) is 1. The standard InChI is InChI=1S/C19H35NO8/c1-3-4-5-8-13(12(2)22)20-15(23)9-6-7-10-27-19-18(26)17(25)16(24)14(11-21)28-19/h13-14,16-19,21,24-26H,3-11H2,1-2H3,(H,20,23). The first-order valence-corrected chi connectivity index (χ1v) is 10.0. The quantitative estimate of drug-likeness (QED) is 0.261. The maximum absolute atomic E-state index is 12.0. The van der Waals surface area contributed by atoms with Gasteiger partial charge in [-0.25, -0.2) is 0 Å². The summed E-state index contributed by atoms with van der Waals surface area (Å²) in [5.41, 5.74) is 0. The van der Waals surface area contributed by atoms with Crippen LogP contribution in [0.1, 0.15) is 58.8 Å². The molecule has 0 aromatic rings. The third kappa shape index (κ3) is 8.10. The molecule has 1 aliphatic heterocycles. The molecular formula is C19H35NO8. The van der Waals surface area contributed by atoms with Crippen LogP contribution in [0.25, 0.3) is 0 Å². The van der Waals surface area contributed by atoms with Crippen LogP contribution in [-0.2, 0) is 19.1 Å². The first-order chi connectivity index (χ1) is 13.3. The predicted octanol–water partition coefficient (Wildman–Crippen LogP) is -0.373. The van der Waals surface area contributed by atoms with Crippen LogP contribution in [0.2, 0.25) is 0 Å². The SMILES string of the molecule is CCCCCC(NC(=O)CCCCOC1OC(CO)C(O)C(O)C1O)C(C)=O. The molecule has 1 fully saturated rings. The van der Waals surface area contributed by atoms with Gasteiger partial charge in [-0.15, -0.1) is 0 Å². The zero-order chi connectivity index (χ0) is 21.1. The molecule has 164 valence electrons. The maximum atomic E-state index is 12.0. The Morgan fingerprint density at radius 1 is 1.07 bits per heavy atom. The third-order valence-corrected chi connectivity index (χ3v) is 4.85. The van der Waals surface area contributed by atoms with Gasteiger partial charge in [0.25, 0.3) is 0 Å². The Balaban J connectivity index is 2.27. The molecule has 5 N–H and O–H groups in total. The van der Waals surface area contributed by atoms with Gasteiger partial charge in [-0.05, 0) is 26.2 Å². The first kappa shape index (κ1) is 24.9. The van der Waals surface area contributed by atoms with E-state index in [4.69, 9.17) is 14.6 Å². The van der Waals surface area contributed by atoms with Gasteiger partial charge in [-0.2, -0.15) is 0 Å². The lowest BCUT2D eigenvalue weighted by Gasteiger charge is -2.39. The van der Waals surface area contributed by atoms with E-state index in [1.807, 2.05) is 0 Å². The molecule has 1 saturated heterocycles. The number of carbonyl (C=O) groups excluding carboxylic acids is 2. The van der Waals surface area contributed by atoms with Crippen LogP contribution in [0.4, 0.5) is 0 Å². The highest BCUT2D eigenvalue weighted by Gasteiger charge is 2.43. The minimum absolute atomic E-state index is 0.0459. The predicted molar refractivity (Wildman–Crippen MR) is 100 cm³/mol. The average molecular weight is 405 g/mol. The summed E-state index contributed by atoms with van der Waals surface area (Å²) in [5, 5.41) is 41.2. The second-order valence-corrected chi connectivity index (χ2v) is 7.25. The highest BCUT2D eigenvalue weighted by molar-refractivity contribution is 5.87. The van der Waals surface area contributed by atoms with Crippen molar-refractivity contribution in [3.05, 3.63) is 0 Å². The molecule has 28 heavy (non-hydrogen) atoms. The summed E-state index contributed by atoms with van der Waals surface area (Å²) in [5.74, 6) is -0.236. The Morgan fingerprint density at radius 3 is 2.39 bits per heavy atom. The Labute approximate surface area is 166 Å². The number of ether oxygens (including phenoxy) is 2. The van der Waals surface area contributed by atoms with Gasteiger partial charge >= 0.3 is 0 Å². The number of amides is 1. The summed E-state index contributed by atoms with van der Waals surface area (Å²) in [6.07, 6.45) is -1.61. The largest absolute Gasteiger partial charge is 0.394 e. The van der Waals surface area contributed by atoms with Crippen LogP contribution >= 0.6 is 0 Å². The number of carbonyl (C=O) groups is 2. The van der Waals surface area contributed by atoms with E-state index in [1.165, 1.54) is 6.92 Å². The lowest BCUT2D eigenvalue weighted by atomic mass is 9.99. The van der Waals surface area contributed by atoms with Gasteiger partial charge in [-0.1, -0.05) is 26.2 Å². The third-order valence-electron chi connectivity index (χ3n) is 4.85. The number of rotatable bonds is 13. The van der Waals surface area contributed by atoms with Crippen molar-refractivity contribution in [3.8, 4) is 0 Å². The smallest absolute Gasteiger partial charge is 0.220 e. The van der Waals surface area contributed by atoms with Crippen molar-refractivity contribution in [1.29, 1.82) is 0 Å². The van der Waals surface area contributed by atoms with E-state index in [0.717, 1.165) is 19.3 Å². The lowest BCUT2D eigenvalue weighted by Crippen LogP contribution is -2.59. The molecule has 0 aromatic carbocycles. The fourth-order valence-electron chi connectivity index (χ4n) is 3.03. The molecule has 9 nitrogen and oxygen atoms in total. The van der Waals surface area contributed by atoms with E-state index in [2.05, 4.69) is 12.2 Å². The summed E-state index contributed by atoms with van der Waals surface area (Å²) in [6.45, 7) is 3.21. The van der Waals surface area contributed by atoms with E-state index < -0.39 is 43.4 Å². The molecule has 1 heterocycles. The molecular weight excluding hydrogens is 370 g/mol. The highest BCUT2D eigenvalue weighted by atomic mass is 16.7. The van der Waals surface area contributed by atoms with Crippen LogP contribution in [0.3, 0.4) is 0 Å². The summed E-state index contributed by atoms with van der Waals surface area (Å²) in [6, 6.07) is -0.440. The highest BCUT2D eigenvalue weighted by Crippen LogP contribution is 2.22. The summed E-state index contributed by atoms with van der Waals surface area (Å²) < 4.78 is 10.6. The van der Waals surface area contributed by atoms with E-state index in [-0.39, 0.29) is 24.7 Å². The van der Waals surface area contributed by atoms with Crippen molar-refractivity contribution in [2.24, 2.45) is 0 Å². The van der Waals surface area contributed by atoms with Crippen molar-refractivity contribution < 1.29 is 39.5 Å². The second-order valence-electron chi connectivity index (χ2n) is 7.25. The van der Waals surface area contributed by atoms with Gasteiger partial charge in [0.05, 0.1) is 12.6 Å². The molecule has 0 bridgehead atoms. The number of Topliss-reactive ketones (excluding diaryl/α,β-unsaturated/α-hetero) is 1. The molecule has 1 rings (SSSR count). The topological polar surface area (TPSA) is 146 Å². The van der Waals surface area contributed by atoms with Crippen molar-refractivity contribution in [1.82, 2.24) is 5.32 Å². The van der Waals surface area contributed by atoms with E-state index >= 15 is 0 Å². The number of ketones is 1. The van der Waals surface area contributed by atoms with E-state index in [1.54, 1.807) is 0 Å². The number of aliphatic hydroxyl groups is 4. The van der Waals surface area contributed by atoms with Crippen LogP contribution < -0.4 is 5.32 Å². The zero-order valence-corrected chi connectivity index (χ0v) is 16.7. The normalized spacial score (nSPS) is 28.7. The van der Waals surface area contributed by atoms with Gasteiger partial charge in [0, 0.05) is 13.0 Å². The molecule has 0 saturated carbocycles. The molecule has 0 radical (unpaired) electrons. The number of aliphatic hydroxyl groups excluding tert-OH is 4. The summed E-state index contributed by atoms with van der Waals surface area (Å²) in [7, 11) is 0. The van der Waals surface area contributed by atoms with Gasteiger partial charge in [0.15, 0.2) is 12.1 Å². The van der Waals surface area contributed by atoms with Gasteiger partial charge in [0.2, 0.25) is 5.91 Å². The molecule has 1 amide bonds. The molecule has 0 aliphatic carbocycles. The minimum Gasteiger partial charge on any atom is -0.394 e. The van der Waals surface area contributed by atoms with E-state index in [0.29, 0.717) is 19.3 Å². The van der Waals surface area contributed by atoms with Crippen molar-refractivity contribution in [3.63, 3.8) is 0 Å². The fourth-order valence-corrected chi connectivity index (χ4v) is 3.03. The van der Waals surface area contributed by atoms with Crippen LogP contribution in [-0.4, -0.2) is 82.1 Å². The Bertz CT molecular complexity index is 473. The Kier molecular flexibility index (Phi) is 11.7. The maximum Gasteiger partial charge on any atom is 0.220 e. The molecule has 6 unspecified atom stereocenters. The number of hydrogen-bond acceptors (Lipinski definition) is 8. The first-order valence-electron chi connectivity index (χ1n) is 10.0. The molecule has 9 heteroatoms. The van der Waals surface area contributed by atoms with Crippen molar-refractivity contribution in [2.45, 2.75) is 95.5 Å². The van der Waals surface area contributed by atoms with Crippen LogP contribution in [0, 0.1) is 0 Å². The summed E-state index contributed by atoms with van der Waals surface area (Å²) in [4.78, 5) is 23.6. The fraction of sp³-hybridized carbons (Fsp3) is 0.895. The Hall–Kier alpha value is -1.10. The monoisotopic (exact) mass is 405 g/mol. The van der Waals surface area contributed by atoms with Crippen molar-refractivity contribution in [2.75, 3.05) is 13.2 Å².